The average Bonchev–Trinajstić information content (AvgIpc) is 2.98. The Morgan fingerprint density at radius 2 is 1.90 bits per heavy atom. The minimum atomic E-state index is -1.20. The summed E-state index contributed by atoms with van der Waals surface area (Å²) in [5, 5.41) is 2.78. The van der Waals surface area contributed by atoms with E-state index in [4.69, 9.17) is 14.2 Å². The van der Waals surface area contributed by atoms with Crippen LogP contribution in [0.4, 0.5) is 4.79 Å². The molecule has 1 atom stereocenters. The summed E-state index contributed by atoms with van der Waals surface area (Å²) in [6.45, 7) is -0.0780. The highest BCUT2D eigenvalue weighted by Gasteiger charge is 2.55. The van der Waals surface area contributed by atoms with E-state index >= 15 is 0 Å². The highest BCUT2D eigenvalue weighted by Crippen LogP contribution is 2.41. The Morgan fingerprint density at radius 1 is 1.14 bits per heavy atom. The Balaban J connectivity index is 1.61. The molecule has 1 fully saturated rings. The molecule has 150 valence electrons. The molecule has 1 spiro atoms. The van der Waals surface area contributed by atoms with Gasteiger partial charge in [-0.3, -0.25) is 14.5 Å². The molecule has 8 heteroatoms. The number of methoxy groups -OCH3 is 2. The molecule has 2 aromatic carbocycles. The number of nitrogens with one attached hydrogen (secondary N) is 1. The number of ether oxygens (including phenoxy) is 3. The average molecular weight is 396 g/mol. The van der Waals surface area contributed by atoms with E-state index in [1.807, 2.05) is 0 Å². The van der Waals surface area contributed by atoms with Crippen LogP contribution in [0.25, 0.3) is 0 Å². The Labute approximate surface area is 167 Å². The third-order valence-electron chi connectivity index (χ3n) is 5.26. The molecule has 0 unspecified atom stereocenters. The number of carbonyl (C=O) groups is 3. The zero-order valence-electron chi connectivity index (χ0n) is 16.1. The summed E-state index contributed by atoms with van der Waals surface area (Å²) in [7, 11) is 2.97. The van der Waals surface area contributed by atoms with E-state index in [2.05, 4.69) is 5.32 Å². The van der Waals surface area contributed by atoms with Gasteiger partial charge in [0, 0.05) is 17.5 Å². The van der Waals surface area contributed by atoms with Gasteiger partial charge in [-0.1, -0.05) is 18.2 Å². The van der Waals surface area contributed by atoms with Crippen molar-refractivity contribution in [1.29, 1.82) is 0 Å². The molecule has 0 radical (unpaired) electrons. The lowest BCUT2D eigenvalue weighted by Gasteiger charge is -2.33. The van der Waals surface area contributed by atoms with Gasteiger partial charge in [-0.25, -0.2) is 4.79 Å². The number of fused-ring (bicyclic) bond motifs is 2. The molecule has 2 aliphatic heterocycles. The van der Waals surface area contributed by atoms with Crippen molar-refractivity contribution >= 4 is 17.7 Å². The second-order valence-electron chi connectivity index (χ2n) is 6.81. The van der Waals surface area contributed by atoms with Gasteiger partial charge < -0.3 is 19.5 Å². The van der Waals surface area contributed by atoms with E-state index in [1.165, 1.54) is 20.3 Å². The second-order valence-corrected chi connectivity index (χ2v) is 6.81. The minimum absolute atomic E-state index is 0.292. The van der Waals surface area contributed by atoms with Crippen molar-refractivity contribution in [2.24, 2.45) is 0 Å². The van der Waals surface area contributed by atoms with Crippen LogP contribution in [0.5, 0.6) is 17.2 Å². The first-order chi connectivity index (χ1) is 14.0. The lowest BCUT2D eigenvalue weighted by molar-refractivity contribution is -0.132. The molecule has 0 aliphatic carbocycles. The number of ketones is 1. The minimum Gasteiger partial charge on any atom is -0.493 e. The van der Waals surface area contributed by atoms with Gasteiger partial charge in [-0.2, -0.15) is 0 Å². The smallest absolute Gasteiger partial charge is 0.325 e. The van der Waals surface area contributed by atoms with E-state index in [9.17, 15) is 14.4 Å². The number of imide groups is 1. The van der Waals surface area contributed by atoms with Gasteiger partial charge >= 0.3 is 6.03 Å². The summed E-state index contributed by atoms with van der Waals surface area (Å²) >= 11 is 0. The Kier molecular flexibility index (Phi) is 4.62. The normalized spacial score (nSPS) is 20.1. The summed E-state index contributed by atoms with van der Waals surface area (Å²) in [6, 6.07) is 11.2. The predicted octanol–water partition coefficient (Wildman–Crippen LogP) is 2.12. The molecule has 0 saturated carbocycles. The topological polar surface area (TPSA) is 94.2 Å². The zero-order chi connectivity index (χ0) is 20.6. The molecule has 29 heavy (non-hydrogen) atoms. The maximum absolute atomic E-state index is 13.2. The molecule has 3 amide bonds. The van der Waals surface area contributed by atoms with Crippen LogP contribution < -0.4 is 19.5 Å². The van der Waals surface area contributed by atoms with Gasteiger partial charge in [0.15, 0.2) is 22.8 Å². The first kappa shape index (κ1) is 18.8. The Morgan fingerprint density at radius 3 is 2.66 bits per heavy atom. The van der Waals surface area contributed by atoms with Crippen molar-refractivity contribution < 1.29 is 28.6 Å². The lowest BCUT2D eigenvalue weighted by Crippen LogP contribution is -2.47. The van der Waals surface area contributed by atoms with Crippen LogP contribution in [0, 0.1) is 0 Å². The van der Waals surface area contributed by atoms with Crippen molar-refractivity contribution in [3.05, 3.63) is 53.6 Å². The molecule has 4 rings (SSSR count). The molecule has 0 aromatic heterocycles. The highest BCUT2D eigenvalue weighted by molar-refractivity contribution is 6.11. The third kappa shape index (κ3) is 2.97. The van der Waals surface area contributed by atoms with Crippen molar-refractivity contribution in [3.8, 4) is 17.2 Å². The molecular weight excluding hydrogens is 376 g/mol. The summed E-state index contributed by atoms with van der Waals surface area (Å²) in [5.74, 6) is 0.599. The molecule has 1 saturated heterocycles. The molecule has 0 bridgehead atoms. The van der Waals surface area contributed by atoms with Crippen LogP contribution in [-0.4, -0.2) is 50.0 Å². The quantitative estimate of drug-likeness (QED) is 0.615. The molecule has 2 aromatic rings. The maximum Gasteiger partial charge on any atom is 0.325 e. The van der Waals surface area contributed by atoms with E-state index in [-0.39, 0.29) is 12.3 Å². The number of Topliss-reactive ketones (excluding diaryl/α,β-unsaturated/α-hetero) is 1. The fourth-order valence-electron chi connectivity index (χ4n) is 3.76. The van der Waals surface area contributed by atoms with Crippen molar-refractivity contribution in [3.63, 3.8) is 0 Å². The Bertz CT molecular complexity index is 1000. The number of carbonyl (C=O) groups excluding carboxylic acids is 3. The monoisotopic (exact) mass is 396 g/mol. The van der Waals surface area contributed by atoms with E-state index in [0.29, 0.717) is 41.4 Å². The number of hydrogen-bond donors (Lipinski definition) is 1. The van der Waals surface area contributed by atoms with E-state index in [0.717, 1.165) is 4.90 Å². The Hall–Kier alpha value is -3.55. The van der Waals surface area contributed by atoms with Gasteiger partial charge in [0.25, 0.3) is 5.91 Å². The fourth-order valence-corrected chi connectivity index (χ4v) is 3.76. The first-order valence-corrected chi connectivity index (χ1v) is 9.12. The number of nitrogens with zero attached hydrogens (tertiary/aromatic N) is 1. The van der Waals surface area contributed by atoms with Crippen LogP contribution in [0.1, 0.15) is 22.3 Å². The fraction of sp³-hybridized carbons (Fsp3) is 0.286. The molecule has 8 nitrogen and oxygen atoms in total. The summed E-state index contributed by atoms with van der Waals surface area (Å²) in [5.41, 5.74) is -0.286. The van der Waals surface area contributed by atoms with Crippen LogP contribution in [0.3, 0.4) is 0 Å². The molecular formula is C21H20N2O6. The van der Waals surface area contributed by atoms with Crippen LogP contribution in [0.15, 0.2) is 42.5 Å². The van der Waals surface area contributed by atoms with Gasteiger partial charge in [-0.05, 0) is 24.3 Å². The van der Waals surface area contributed by atoms with Gasteiger partial charge in [0.1, 0.15) is 5.75 Å². The number of amides is 3. The summed E-state index contributed by atoms with van der Waals surface area (Å²) in [6.07, 6.45) is 0.301. The van der Waals surface area contributed by atoms with Crippen molar-refractivity contribution in [1.82, 2.24) is 10.2 Å². The standard InChI is InChI=1S/C21H20N2O6/c1-27-17-8-7-13(11-18(17)28-2)15(24)12-23-19(25)21(22-20(23)26)9-10-29-16-6-4-3-5-14(16)21/h3-8,11H,9-10,12H2,1-2H3,(H,22,26)/t21-/m0/s1. The van der Waals surface area contributed by atoms with Gasteiger partial charge in [0.2, 0.25) is 0 Å². The largest absolute Gasteiger partial charge is 0.493 e. The summed E-state index contributed by atoms with van der Waals surface area (Å²) < 4.78 is 16.0. The zero-order valence-corrected chi connectivity index (χ0v) is 16.1. The molecule has 2 aliphatic rings. The SMILES string of the molecule is COc1ccc(C(=O)CN2C(=O)N[C@]3(CCOc4ccccc43)C2=O)cc1OC. The molecule has 2 heterocycles. The van der Waals surface area contributed by atoms with E-state index in [1.54, 1.807) is 36.4 Å². The maximum atomic E-state index is 13.2. The predicted molar refractivity (Wildman–Crippen MR) is 102 cm³/mol. The van der Waals surface area contributed by atoms with Crippen LogP contribution in [-0.2, 0) is 10.3 Å². The first-order valence-electron chi connectivity index (χ1n) is 9.12. The van der Waals surface area contributed by atoms with Crippen molar-refractivity contribution in [2.45, 2.75) is 12.0 Å². The lowest BCUT2D eigenvalue weighted by atomic mass is 9.84. The summed E-state index contributed by atoms with van der Waals surface area (Å²) in [4.78, 5) is 39.6. The number of rotatable bonds is 5. The van der Waals surface area contributed by atoms with Crippen LogP contribution >= 0.6 is 0 Å². The molecule has 1 N–H and O–H groups in total. The number of hydrogen-bond acceptors (Lipinski definition) is 6. The van der Waals surface area contributed by atoms with Gasteiger partial charge in [0.05, 0.1) is 27.4 Å². The van der Waals surface area contributed by atoms with E-state index < -0.39 is 17.5 Å². The number of benzene rings is 2. The van der Waals surface area contributed by atoms with Crippen molar-refractivity contribution in [2.75, 3.05) is 27.4 Å². The number of para-hydroxylation sites is 1. The number of urea groups is 1. The van der Waals surface area contributed by atoms with Crippen LogP contribution in [0.2, 0.25) is 0 Å². The third-order valence-corrected chi connectivity index (χ3v) is 5.26. The van der Waals surface area contributed by atoms with Gasteiger partial charge in [-0.15, -0.1) is 0 Å². The second kappa shape index (κ2) is 7.12. The highest BCUT2D eigenvalue weighted by atomic mass is 16.5.